The highest BCUT2D eigenvalue weighted by Crippen LogP contribution is 2.09. The summed E-state index contributed by atoms with van der Waals surface area (Å²) in [5, 5.41) is 4.89. The van der Waals surface area contributed by atoms with Crippen LogP contribution in [0.2, 0.25) is 0 Å². The van der Waals surface area contributed by atoms with Crippen LogP contribution in [-0.2, 0) is 14.4 Å². The van der Waals surface area contributed by atoms with Gasteiger partial charge in [0.25, 0.3) is 0 Å². The molecule has 0 unspecified atom stereocenters. The lowest BCUT2D eigenvalue weighted by Crippen LogP contribution is -2.41. The van der Waals surface area contributed by atoms with Crippen molar-refractivity contribution in [1.82, 2.24) is 15.5 Å². The second-order valence-electron chi connectivity index (χ2n) is 4.09. The summed E-state index contributed by atoms with van der Waals surface area (Å²) in [5.74, 6) is -1.14. The molecule has 0 aromatic rings. The molecule has 0 aromatic heterocycles. The van der Waals surface area contributed by atoms with Gasteiger partial charge in [-0.15, -0.1) is 6.58 Å². The maximum atomic E-state index is 11.3. The lowest BCUT2D eigenvalue weighted by Gasteiger charge is -2.15. The van der Waals surface area contributed by atoms with Gasteiger partial charge in [0.05, 0.1) is 0 Å². The first-order chi connectivity index (χ1) is 8.65. The Bertz CT molecular complexity index is 341. The predicted molar refractivity (Wildman–Crippen MR) is 66.6 cm³/mol. The van der Waals surface area contributed by atoms with Crippen LogP contribution in [0.25, 0.3) is 0 Å². The molecule has 6 heteroatoms. The van der Waals surface area contributed by atoms with Crippen LogP contribution in [0, 0.1) is 0 Å². The van der Waals surface area contributed by atoms with Crippen molar-refractivity contribution < 1.29 is 14.4 Å². The highest BCUT2D eigenvalue weighted by molar-refractivity contribution is 6.35. The molecule has 0 saturated carbocycles. The average Bonchev–Trinajstić information content (AvgIpc) is 2.77. The van der Waals surface area contributed by atoms with Crippen molar-refractivity contribution in [2.75, 3.05) is 26.2 Å². The molecule has 0 aromatic carbocycles. The summed E-state index contributed by atoms with van der Waals surface area (Å²) in [6.45, 7) is 5.53. The minimum atomic E-state index is -0.660. The molecule has 1 heterocycles. The number of carbonyl (C=O) groups excluding carboxylic acids is 3. The Balaban J connectivity index is 2.10. The minimum Gasteiger partial charge on any atom is -0.348 e. The van der Waals surface area contributed by atoms with Crippen molar-refractivity contribution in [3.05, 3.63) is 12.7 Å². The highest BCUT2D eigenvalue weighted by Gasteiger charge is 2.19. The Morgan fingerprint density at radius 3 is 2.67 bits per heavy atom. The number of likely N-dealkylation sites (tertiary alicyclic amines) is 1. The first-order valence-corrected chi connectivity index (χ1v) is 6.10. The van der Waals surface area contributed by atoms with Crippen molar-refractivity contribution in [3.63, 3.8) is 0 Å². The zero-order valence-corrected chi connectivity index (χ0v) is 10.4. The van der Waals surface area contributed by atoms with Crippen LogP contribution in [0.15, 0.2) is 12.7 Å². The summed E-state index contributed by atoms with van der Waals surface area (Å²) in [7, 11) is 0. The van der Waals surface area contributed by atoms with Crippen LogP contribution in [0.5, 0.6) is 0 Å². The Labute approximate surface area is 106 Å². The molecule has 1 aliphatic rings. The zero-order chi connectivity index (χ0) is 13.4. The van der Waals surface area contributed by atoms with Gasteiger partial charge in [-0.3, -0.25) is 14.4 Å². The lowest BCUT2D eigenvalue weighted by atomic mass is 10.3. The van der Waals surface area contributed by atoms with Gasteiger partial charge < -0.3 is 15.5 Å². The summed E-state index contributed by atoms with van der Waals surface area (Å²) in [6.07, 6.45) is 3.70. The third-order valence-electron chi connectivity index (χ3n) is 2.67. The van der Waals surface area contributed by atoms with Crippen LogP contribution in [0.3, 0.4) is 0 Å². The molecule has 2 N–H and O–H groups in total. The summed E-state index contributed by atoms with van der Waals surface area (Å²) < 4.78 is 0. The number of amides is 3. The number of rotatable bonds is 6. The molecule has 6 nitrogen and oxygen atoms in total. The van der Waals surface area contributed by atoms with E-state index in [-0.39, 0.29) is 12.5 Å². The van der Waals surface area contributed by atoms with E-state index in [4.69, 9.17) is 0 Å². The molecule has 100 valence electrons. The van der Waals surface area contributed by atoms with Crippen LogP contribution < -0.4 is 10.6 Å². The Morgan fingerprint density at radius 2 is 2.06 bits per heavy atom. The minimum absolute atomic E-state index is 0.171. The second kappa shape index (κ2) is 7.47. The highest BCUT2D eigenvalue weighted by atomic mass is 16.2. The fraction of sp³-hybridized carbons (Fsp3) is 0.583. The van der Waals surface area contributed by atoms with E-state index in [1.165, 1.54) is 6.08 Å². The Hall–Kier alpha value is -1.85. The van der Waals surface area contributed by atoms with E-state index in [0.717, 1.165) is 13.0 Å². The maximum absolute atomic E-state index is 11.3. The van der Waals surface area contributed by atoms with Gasteiger partial charge in [0.1, 0.15) is 0 Å². The second-order valence-corrected chi connectivity index (χ2v) is 4.09. The number of hydrogen-bond acceptors (Lipinski definition) is 3. The molecule has 1 rings (SSSR count). The van der Waals surface area contributed by atoms with E-state index in [9.17, 15) is 14.4 Å². The quantitative estimate of drug-likeness (QED) is 0.377. The first kappa shape index (κ1) is 14.2. The molecular weight excluding hydrogens is 234 g/mol. The third-order valence-corrected chi connectivity index (χ3v) is 2.67. The standard InChI is InChI=1S/C12H19N3O3/c1-2-6-13-11(17)12(18)14-7-4-9-15-8-3-5-10(15)16/h2H,1,3-9H2,(H,13,17)(H,14,18). The van der Waals surface area contributed by atoms with Crippen LogP contribution in [-0.4, -0.2) is 48.8 Å². The summed E-state index contributed by atoms with van der Waals surface area (Å²) in [5.41, 5.74) is 0. The van der Waals surface area contributed by atoms with E-state index in [1.807, 2.05) is 0 Å². The maximum Gasteiger partial charge on any atom is 0.309 e. The van der Waals surface area contributed by atoms with Gasteiger partial charge in [-0.25, -0.2) is 0 Å². The van der Waals surface area contributed by atoms with Gasteiger partial charge in [0, 0.05) is 32.6 Å². The summed E-state index contributed by atoms with van der Waals surface area (Å²) >= 11 is 0. The van der Waals surface area contributed by atoms with E-state index in [2.05, 4.69) is 17.2 Å². The molecule has 3 amide bonds. The molecule has 1 saturated heterocycles. The number of hydrogen-bond donors (Lipinski definition) is 2. The normalized spacial score (nSPS) is 14.4. The monoisotopic (exact) mass is 253 g/mol. The number of nitrogens with one attached hydrogen (secondary N) is 2. The fourth-order valence-electron chi connectivity index (χ4n) is 1.74. The first-order valence-electron chi connectivity index (χ1n) is 6.10. The molecule has 0 atom stereocenters. The van der Waals surface area contributed by atoms with Gasteiger partial charge in [-0.05, 0) is 12.8 Å². The van der Waals surface area contributed by atoms with Crippen LogP contribution in [0.4, 0.5) is 0 Å². The molecule has 1 aliphatic heterocycles. The van der Waals surface area contributed by atoms with Gasteiger partial charge in [0.15, 0.2) is 0 Å². The van der Waals surface area contributed by atoms with Crippen molar-refractivity contribution in [1.29, 1.82) is 0 Å². The van der Waals surface area contributed by atoms with Crippen molar-refractivity contribution in [2.45, 2.75) is 19.3 Å². The zero-order valence-electron chi connectivity index (χ0n) is 10.4. The molecule has 0 radical (unpaired) electrons. The Morgan fingerprint density at radius 1 is 1.33 bits per heavy atom. The van der Waals surface area contributed by atoms with Gasteiger partial charge in [-0.1, -0.05) is 6.08 Å². The molecule has 0 bridgehead atoms. The van der Waals surface area contributed by atoms with E-state index < -0.39 is 11.8 Å². The Kier molecular flexibility index (Phi) is 5.90. The summed E-state index contributed by atoms with van der Waals surface area (Å²) in [6, 6.07) is 0. The third kappa shape index (κ3) is 4.57. The van der Waals surface area contributed by atoms with Gasteiger partial charge in [-0.2, -0.15) is 0 Å². The number of nitrogens with zero attached hydrogens (tertiary/aromatic N) is 1. The van der Waals surface area contributed by atoms with Crippen LogP contribution in [0.1, 0.15) is 19.3 Å². The van der Waals surface area contributed by atoms with E-state index >= 15 is 0 Å². The topological polar surface area (TPSA) is 78.5 Å². The smallest absolute Gasteiger partial charge is 0.309 e. The van der Waals surface area contributed by atoms with Gasteiger partial charge >= 0.3 is 11.8 Å². The predicted octanol–water partition coefficient (Wildman–Crippen LogP) is -0.583. The largest absolute Gasteiger partial charge is 0.348 e. The number of carbonyl (C=O) groups is 3. The van der Waals surface area contributed by atoms with Crippen molar-refractivity contribution in [3.8, 4) is 0 Å². The lowest BCUT2D eigenvalue weighted by molar-refractivity contribution is -0.139. The summed E-state index contributed by atoms with van der Waals surface area (Å²) in [4.78, 5) is 35.5. The van der Waals surface area contributed by atoms with E-state index in [0.29, 0.717) is 25.9 Å². The molecule has 0 aliphatic carbocycles. The fourth-order valence-corrected chi connectivity index (χ4v) is 1.74. The molecule has 1 fully saturated rings. The molecule has 0 spiro atoms. The average molecular weight is 253 g/mol. The van der Waals surface area contributed by atoms with Crippen molar-refractivity contribution in [2.24, 2.45) is 0 Å². The van der Waals surface area contributed by atoms with Crippen LogP contribution >= 0.6 is 0 Å². The van der Waals surface area contributed by atoms with Gasteiger partial charge in [0.2, 0.25) is 5.91 Å². The SMILES string of the molecule is C=CCNC(=O)C(=O)NCCCN1CCCC1=O. The molecular formula is C12H19N3O3. The molecule has 18 heavy (non-hydrogen) atoms. The van der Waals surface area contributed by atoms with E-state index in [1.54, 1.807) is 4.90 Å². The van der Waals surface area contributed by atoms with Crippen molar-refractivity contribution >= 4 is 17.7 Å².